The third kappa shape index (κ3) is 3.19. The summed E-state index contributed by atoms with van der Waals surface area (Å²) in [4.78, 5) is 12.5. The second-order valence-electron chi connectivity index (χ2n) is 7.79. The largest absolute Gasteiger partial charge is 0.331 e. The van der Waals surface area contributed by atoms with Gasteiger partial charge in [-0.2, -0.15) is 0 Å². The SMILES string of the molecule is CC(C)N1CCN(C2CN(Cc3cnc4n3CCCC4)C2)CC1. The highest BCUT2D eigenvalue weighted by Crippen LogP contribution is 2.22. The molecule has 1 aromatic heterocycles. The number of hydrogen-bond acceptors (Lipinski definition) is 4. The van der Waals surface area contributed by atoms with Gasteiger partial charge < -0.3 is 4.57 Å². The maximum Gasteiger partial charge on any atom is 0.108 e. The molecular formula is C18H31N5. The van der Waals surface area contributed by atoms with E-state index in [1.807, 2.05) is 0 Å². The van der Waals surface area contributed by atoms with Crippen LogP contribution in [-0.4, -0.2) is 75.6 Å². The van der Waals surface area contributed by atoms with E-state index in [2.05, 4.69) is 44.3 Å². The van der Waals surface area contributed by atoms with E-state index in [4.69, 9.17) is 0 Å². The third-order valence-electron chi connectivity index (χ3n) is 5.97. The lowest BCUT2D eigenvalue weighted by Gasteiger charge is -2.48. The van der Waals surface area contributed by atoms with Crippen molar-refractivity contribution in [2.75, 3.05) is 39.3 Å². The van der Waals surface area contributed by atoms with Crippen molar-refractivity contribution in [2.45, 2.75) is 58.3 Å². The molecule has 0 spiro atoms. The molecule has 2 saturated heterocycles. The molecule has 2 fully saturated rings. The number of aromatic nitrogens is 2. The summed E-state index contributed by atoms with van der Waals surface area (Å²) in [7, 11) is 0. The molecule has 0 aliphatic carbocycles. The highest BCUT2D eigenvalue weighted by molar-refractivity contribution is 5.09. The molecule has 4 rings (SSSR count). The summed E-state index contributed by atoms with van der Waals surface area (Å²) >= 11 is 0. The molecule has 4 heterocycles. The molecule has 0 amide bonds. The van der Waals surface area contributed by atoms with E-state index in [9.17, 15) is 0 Å². The highest BCUT2D eigenvalue weighted by Gasteiger charge is 2.34. The van der Waals surface area contributed by atoms with Crippen LogP contribution in [0.5, 0.6) is 0 Å². The number of fused-ring (bicyclic) bond motifs is 1. The molecule has 23 heavy (non-hydrogen) atoms. The van der Waals surface area contributed by atoms with Crippen molar-refractivity contribution in [1.82, 2.24) is 24.3 Å². The quantitative estimate of drug-likeness (QED) is 0.840. The second kappa shape index (κ2) is 6.54. The van der Waals surface area contributed by atoms with Crippen molar-refractivity contribution in [3.05, 3.63) is 17.7 Å². The van der Waals surface area contributed by atoms with Crippen LogP contribution in [0.25, 0.3) is 0 Å². The minimum Gasteiger partial charge on any atom is -0.331 e. The Morgan fingerprint density at radius 2 is 1.87 bits per heavy atom. The van der Waals surface area contributed by atoms with Gasteiger partial charge in [0.05, 0.1) is 5.69 Å². The highest BCUT2D eigenvalue weighted by atomic mass is 15.4. The van der Waals surface area contributed by atoms with Gasteiger partial charge in [0.1, 0.15) is 5.82 Å². The molecule has 1 aromatic rings. The lowest BCUT2D eigenvalue weighted by molar-refractivity contribution is -0.00508. The second-order valence-corrected chi connectivity index (χ2v) is 7.79. The van der Waals surface area contributed by atoms with Gasteiger partial charge in [-0.3, -0.25) is 14.7 Å². The van der Waals surface area contributed by atoms with Crippen LogP contribution in [0.4, 0.5) is 0 Å². The molecule has 0 saturated carbocycles. The first-order valence-corrected chi connectivity index (χ1v) is 9.44. The fourth-order valence-corrected chi connectivity index (χ4v) is 4.36. The molecule has 128 valence electrons. The van der Waals surface area contributed by atoms with Crippen LogP contribution < -0.4 is 0 Å². The summed E-state index contributed by atoms with van der Waals surface area (Å²) < 4.78 is 2.47. The average Bonchev–Trinajstić information content (AvgIpc) is 2.94. The molecule has 3 aliphatic heterocycles. The van der Waals surface area contributed by atoms with Crippen LogP contribution >= 0.6 is 0 Å². The van der Waals surface area contributed by atoms with E-state index >= 15 is 0 Å². The smallest absolute Gasteiger partial charge is 0.108 e. The Morgan fingerprint density at radius 1 is 1.09 bits per heavy atom. The molecule has 3 aliphatic rings. The zero-order valence-corrected chi connectivity index (χ0v) is 14.7. The van der Waals surface area contributed by atoms with E-state index < -0.39 is 0 Å². The maximum absolute atomic E-state index is 4.62. The van der Waals surface area contributed by atoms with E-state index in [1.165, 1.54) is 76.6 Å². The number of likely N-dealkylation sites (tertiary alicyclic amines) is 1. The fourth-order valence-electron chi connectivity index (χ4n) is 4.36. The van der Waals surface area contributed by atoms with Crippen molar-refractivity contribution in [3.8, 4) is 0 Å². The zero-order chi connectivity index (χ0) is 15.8. The molecular weight excluding hydrogens is 286 g/mol. The van der Waals surface area contributed by atoms with Crippen molar-refractivity contribution in [2.24, 2.45) is 0 Å². The Hall–Kier alpha value is -0.910. The van der Waals surface area contributed by atoms with Crippen LogP contribution in [0.1, 0.15) is 38.2 Å². The zero-order valence-electron chi connectivity index (χ0n) is 14.7. The van der Waals surface area contributed by atoms with Crippen molar-refractivity contribution < 1.29 is 0 Å². The lowest BCUT2D eigenvalue weighted by Crippen LogP contribution is -2.63. The van der Waals surface area contributed by atoms with Gasteiger partial charge in [0, 0.05) is 77.1 Å². The predicted molar refractivity (Wildman–Crippen MR) is 92.5 cm³/mol. The molecule has 0 atom stereocenters. The topological polar surface area (TPSA) is 27.5 Å². The number of aryl methyl sites for hydroxylation is 1. The standard InChI is InChI=1S/C18H31N5/c1-15(2)21-7-9-22(10-8-21)17-13-20(14-17)12-16-11-19-18-5-3-4-6-23(16)18/h11,15,17H,3-10,12-14H2,1-2H3. The number of hydrogen-bond donors (Lipinski definition) is 0. The Balaban J connectivity index is 1.25. The molecule has 5 nitrogen and oxygen atoms in total. The summed E-state index contributed by atoms with van der Waals surface area (Å²) in [6, 6.07) is 1.48. The molecule has 0 aromatic carbocycles. The van der Waals surface area contributed by atoms with Gasteiger partial charge in [-0.25, -0.2) is 4.98 Å². The van der Waals surface area contributed by atoms with Crippen LogP contribution in [0, 0.1) is 0 Å². The van der Waals surface area contributed by atoms with Gasteiger partial charge in [-0.05, 0) is 26.7 Å². The number of piperazine rings is 1. The Bertz CT molecular complexity index is 524. The van der Waals surface area contributed by atoms with E-state index in [-0.39, 0.29) is 0 Å². The van der Waals surface area contributed by atoms with E-state index in [1.54, 1.807) is 0 Å². The third-order valence-corrected chi connectivity index (χ3v) is 5.97. The van der Waals surface area contributed by atoms with Crippen LogP contribution in [0.15, 0.2) is 6.20 Å². The summed E-state index contributed by atoms with van der Waals surface area (Å²) in [5, 5.41) is 0. The van der Waals surface area contributed by atoms with Gasteiger partial charge >= 0.3 is 0 Å². The Morgan fingerprint density at radius 3 is 2.61 bits per heavy atom. The summed E-state index contributed by atoms with van der Waals surface area (Å²) in [6.45, 7) is 14.4. The summed E-state index contributed by atoms with van der Waals surface area (Å²) in [5.74, 6) is 1.31. The van der Waals surface area contributed by atoms with Crippen LogP contribution in [0.2, 0.25) is 0 Å². The average molecular weight is 317 g/mol. The minimum absolute atomic E-state index is 0.697. The first-order chi connectivity index (χ1) is 11.2. The number of rotatable bonds is 4. The molecule has 0 bridgehead atoms. The monoisotopic (exact) mass is 317 g/mol. The first kappa shape index (κ1) is 15.6. The predicted octanol–water partition coefficient (Wildman–Crippen LogP) is 1.43. The van der Waals surface area contributed by atoms with E-state index in [0.29, 0.717) is 6.04 Å². The fraction of sp³-hybridized carbons (Fsp3) is 0.833. The number of nitrogens with zero attached hydrogens (tertiary/aromatic N) is 5. The molecule has 5 heteroatoms. The van der Waals surface area contributed by atoms with Gasteiger partial charge in [-0.15, -0.1) is 0 Å². The van der Waals surface area contributed by atoms with Gasteiger partial charge in [0.25, 0.3) is 0 Å². The van der Waals surface area contributed by atoms with Crippen LogP contribution in [0.3, 0.4) is 0 Å². The van der Waals surface area contributed by atoms with Crippen LogP contribution in [-0.2, 0) is 19.5 Å². The molecule has 0 N–H and O–H groups in total. The van der Waals surface area contributed by atoms with Crippen molar-refractivity contribution >= 4 is 0 Å². The Kier molecular flexibility index (Phi) is 4.43. The Labute approximate surface area is 140 Å². The summed E-state index contributed by atoms with van der Waals surface area (Å²) in [5.41, 5.74) is 1.43. The maximum atomic E-state index is 4.62. The van der Waals surface area contributed by atoms with Gasteiger partial charge in [0.2, 0.25) is 0 Å². The van der Waals surface area contributed by atoms with Crippen molar-refractivity contribution in [3.63, 3.8) is 0 Å². The van der Waals surface area contributed by atoms with Crippen molar-refractivity contribution in [1.29, 1.82) is 0 Å². The minimum atomic E-state index is 0.697. The normalized spacial score (nSPS) is 24.8. The molecule has 0 unspecified atom stereocenters. The summed E-state index contributed by atoms with van der Waals surface area (Å²) in [6.07, 6.45) is 5.92. The van der Waals surface area contributed by atoms with E-state index in [0.717, 1.165) is 12.6 Å². The van der Waals surface area contributed by atoms with Gasteiger partial charge in [0.15, 0.2) is 0 Å². The van der Waals surface area contributed by atoms with Gasteiger partial charge in [-0.1, -0.05) is 0 Å². The number of imidazole rings is 1. The lowest BCUT2D eigenvalue weighted by atomic mass is 10.1. The molecule has 0 radical (unpaired) electrons. The first-order valence-electron chi connectivity index (χ1n) is 9.44.